The van der Waals surface area contributed by atoms with E-state index in [1.807, 2.05) is 26.0 Å². The van der Waals surface area contributed by atoms with Crippen molar-refractivity contribution in [2.75, 3.05) is 6.54 Å². The smallest absolute Gasteiger partial charge is 0.304 e. The predicted molar refractivity (Wildman–Crippen MR) is 76.6 cm³/mol. The Morgan fingerprint density at radius 1 is 1.38 bits per heavy atom. The van der Waals surface area contributed by atoms with E-state index in [2.05, 4.69) is 15.0 Å². The summed E-state index contributed by atoms with van der Waals surface area (Å²) in [5, 5.41) is 12.8. The summed E-state index contributed by atoms with van der Waals surface area (Å²) in [7, 11) is 0. The molecule has 0 atom stereocenters. The van der Waals surface area contributed by atoms with Crippen LogP contribution in [0.1, 0.15) is 29.0 Å². The molecule has 0 aliphatic rings. The summed E-state index contributed by atoms with van der Waals surface area (Å²) >= 11 is 0. The molecule has 0 fully saturated rings. The van der Waals surface area contributed by atoms with Crippen LogP contribution in [0.3, 0.4) is 0 Å². The zero-order chi connectivity index (χ0) is 15.2. The first-order valence-corrected chi connectivity index (χ1v) is 6.81. The van der Waals surface area contributed by atoms with E-state index in [-0.39, 0.29) is 6.42 Å². The summed E-state index contributed by atoms with van der Waals surface area (Å²) in [5.74, 6) is -0.0241. The van der Waals surface area contributed by atoms with Crippen molar-refractivity contribution in [1.29, 1.82) is 0 Å². The Morgan fingerprint density at radius 3 is 2.76 bits per heavy atom. The molecule has 0 unspecified atom stereocenters. The van der Waals surface area contributed by atoms with E-state index in [1.54, 1.807) is 12.4 Å². The van der Waals surface area contributed by atoms with E-state index in [9.17, 15) is 4.79 Å². The molecule has 0 amide bonds. The molecular formula is C15H19N3O3. The Kier molecular flexibility index (Phi) is 5.05. The quantitative estimate of drug-likeness (QED) is 0.841. The molecular weight excluding hydrogens is 270 g/mol. The standard InChI is InChI=1S/C15H19N3O3/c1-11-14(12(2)21-17-11)10-18(7-5-15(19)20)9-13-4-3-6-16-8-13/h3-4,6,8H,5,7,9-10H2,1-2H3,(H,19,20). The molecule has 21 heavy (non-hydrogen) atoms. The van der Waals surface area contributed by atoms with E-state index < -0.39 is 5.97 Å². The predicted octanol–water partition coefficient (Wildman–Crippen LogP) is 2.16. The molecule has 6 nitrogen and oxygen atoms in total. The van der Waals surface area contributed by atoms with Gasteiger partial charge in [-0.05, 0) is 25.5 Å². The largest absolute Gasteiger partial charge is 0.481 e. The number of carboxylic acid groups (broad SMARTS) is 1. The molecule has 0 aliphatic carbocycles. The number of aryl methyl sites for hydroxylation is 2. The van der Waals surface area contributed by atoms with Gasteiger partial charge in [-0.25, -0.2) is 0 Å². The van der Waals surface area contributed by atoms with Gasteiger partial charge in [0.25, 0.3) is 0 Å². The SMILES string of the molecule is Cc1noc(C)c1CN(CCC(=O)O)Cc1cccnc1. The van der Waals surface area contributed by atoms with E-state index in [4.69, 9.17) is 9.63 Å². The maximum Gasteiger partial charge on any atom is 0.304 e. The van der Waals surface area contributed by atoms with Gasteiger partial charge >= 0.3 is 5.97 Å². The van der Waals surface area contributed by atoms with Crippen LogP contribution < -0.4 is 0 Å². The second kappa shape index (κ2) is 6.99. The molecule has 0 bridgehead atoms. The second-order valence-electron chi connectivity index (χ2n) is 5.02. The van der Waals surface area contributed by atoms with Crippen molar-refractivity contribution in [1.82, 2.24) is 15.0 Å². The summed E-state index contributed by atoms with van der Waals surface area (Å²) in [6.45, 7) is 5.49. The zero-order valence-electron chi connectivity index (χ0n) is 12.2. The third-order valence-electron chi connectivity index (χ3n) is 3.33. The number of nitrogens with zero attached hydrogens (tertiary/aromatic N) is 3. The fourth-order valence-corrected chi connectivity index (χ4v) is 2.17. The van der Waals surface area contributed by atoms with Crippen LogP contribution >= 0.6 is 0 Å². The zero-order valence-corrected chi connectivity index (χ0v) is 12.2. The molecule has 0 aromatic carbocycles. The maximum absolute atomic E-state index is 10.8. The van der Waals surface area contributed by atoms with E-state index in [0.717, 1.165) is 22.6 Å². The highest BCUT2D eigenvalue weighted by Gasteiger charge is 2.15. The Bertz CT molecular complexity index is 576. The number of aliphatic carboxylic acids is 1. The van der Waals surface area contributed by atoms with Gasteiger partial charge in [0.15, 0.2) is 0 Å². The fraction of sp³-hybridized carbons (Fsp3) is 0.400. The number of aromatic nitrogens is 2. The number of pyridine rings is 1. The molecule has 6 heteroatoms. The number of hydrogen-bond donors (Lipinski definition) is 1. The summed E-state index contributed by atoms with van der Waals surface area (Å²) in [4.78, 5) is 17.0. The molecule has 2 rings (SSSR count). The van der Waals surface area contributed by atoms with Crippen LogP contribution in [-0.4, -0.2) is 32.7 Å². The lowest BCUT2D eigenvalue weighted by molar-refractivity contribution is -0.137. The van der Waals surface area contributed by atoms with E-state index in [0.29, 0.717) is 19.6 Å². The number of rotatable bonds is 7. The minimum absolute atomic E-state index is 0.101. The molecule has 2 aromatic heterocycles. The minimum atomic E-state index is -0.801. The average Bonchev–Trinajstić information content (AvgIpc) is 2.77. The first kappa shape index (κ1) is 15.2. The second-order valence-corrected chi connectivity index (χ2v) is 5.02. The monoisotopic (exact) mass is 289 g/mol. The van der Waals surface area contributed by atoms with Gasteiger partial charge in [0.1, 0.15) is 5.76 Å². The number of hydrogen-bond acceptors (Lipinski definition) is 5. The van der Waals surface area contributed by atoms with Crippen molar-refractivity contribution >= 4 is 5.97 Å². The first-order valence-electron chi connectivity index (χ1n) is 6.81. The van der Waals surface area contributed by atoms with Gasteiger partial charge in [-0.2, -0.15) is 0 Å². The molecule has 0 spiro atoms. The highest BCUT2D eigenvalue weighted by atomic mass is 16.5. The molecule has 112 valence electrons. The number of carbonyl (C=O) groups is 1. The van der Waals surface area contributed by atoms with Gasteiger partial charge < -0.3 is 9.63 Å². The van der Waals surface area contributed by atoms with Gasteiger partial charge in [-0.1, -0.05) is 11.2 Å². The van der Waals surface area contributed by atoms with Crippen molar-refractivity contribution in [3.63, 3.8) is 0 Å². The van der Waals surface area contributed by atoms with Crippen LogP contribution in [0.15, 0.2) is 29.0 Å². The number of carboxylic acids is 1. The highest BCUT2D eigenvalue weighted by Crippen LogP contribution is 2.16. The van der Waals surface area contributed by atoms with Crippen LogP contribution in [0, 0.1) is 13.8 Å². The van der Waals surface area contributed by atoms with Crippen LogP contribution in [0.5, 0.6) is 0 Å². The van der Waals surface area contributed by atoms with E-state index >= 15 is 0 Å². The fourth-order valence-electron chi connectivity index (χ4n) is 2.17. The van der Waals surface area contributed by atoms with Crippen LogP contribution in [-0.2, 0) is 17.9 Å². The van der Waals surface area contributed by atoms with Crippen molar-refractivity contribution in [2.45, 2.75) is 33.4 Å². The first-order chi connectivity index (χ1) is 10.1. The highest BCUT2D eigenvalue weighted by molar-refractivity contribution is 5.66. The van der Waals surface area contributed by atoms with Crippen molar-refractivity contribution in [3.05, 3.63) is 47.1 Å². The Labute approximate surface area is 123 Å². The molecule has 1 N–H and O–H groups in total. The van der Waals surface area contributed by atoms with Crippen molar-refractivity contribution in [3.8, 4) is 0 Å². The molecule has 0 aliphatic heterocycles. The third kappa shape index (κ3) is 4.39. The van der Waals surface area contributed by atoms with Crippen molar-refractivity contribution < 1.29 is 14.4 Å². The summed E-state index contributed by atoms with van der Waals surface area (Å²) in [6.07, 6.45) is 3.62. The summed E-state index contributed by atoms with van der Waals surface area (Å²) in [6, 6.07) is 3.86. The Morgan fingerprint density at radius 2 is 2.19 bits per heavy atom. The Balaban J connectivity index is 2.10. The summed E-state index contributed by atoms with van der Waals surface area (Å²) < 4.78 is 5.17. The van der Waals surface area contributed by atoms with Gasteiger partial charge in [-0.3, -0.25) is 14.7 Å². The molecule has 0 radical (unpaired) electrons. The van der Waals surface area contributed by atoms with Gasteiger partial charge in [0.05, 0.1) is 12.1 Å². The van der Waals surface area contributed by atoms with Gasteiger partial charge in [0, 0.05) is 37.6 Å². The normalized spacial score (nSPS) is 11.0. The van der Waals surface area contributed by atoms with Gasteiger partial charge in [-0.15, -0.1) is 0 Å². The van der Waals surface area contributed by atoms with Gasteiger partial charge in [0.2, 0.25) is 0 Å². The topological polar surface area (TPSA) is 79.5 Å². The maximum atomic E-state index is 10.8. The molecule has 0 saturated heterocycles. The molecule has 2 aromatic rings. The van der Waals surface area contributed by atoms with Crippen molar-refractivity contribution in [2.24, 2.45) is 0 Å². The average molecular weight is 289 g/mol. The van der Waals surface area contributed by atoms with Crippen LogP contribution in [0.25, 0.3) is 0 Å². The van der Waals surface area contributed by atoms with E-state index in [1.165, 1.54) is 0 Å². The Hall–Kier alpha value is -2.21. The molecule has 2 heterocycles. The summed E-state index contributed by atoms with van der Waals surface area (Å²) in [5.41, 5.74) is 2.91. The lowest BCUT2D eigenvalue weighted by atomic mass is 10.1. The minimum Gasteiger partial charge on any atom is -0.481 e. The van der Waals surface area contributed by atoms with Crippen LogP contribution in [0.4, 0.5) is 0 Å². The third-order valence-corrected chi connectivity index (χ3v) is 3.33. The lowest BCUT2D eigenvalue weighted by Gasteiger charge is -2.21. The van der Waals surface area contributed by atoms with Crippen LogP contribution in [0.2, 0.25) is 0 Å². The lowest BCUT2D eigenvalue weighted by Crippen LogP contribution is -2.26. The molecule has 0 saturated carbocycles.